The fourth-order valence-electron chi connectivity index (χ4n) is 2.49. The van der Waals surface area contributed by atoms with Gasteiger partial charge < -0.3 is 15.7 Å². The zero-order chi connectivity index (χ0) is 13.4. The summed E-state index contributed by atoms with van der Waals surface area (Å²) in [7, 11) is 0. The number of nitrogens with one attached hydrogen (secondary N) is 2. The SMILES string of the molecule is CCCC1(CNC(=O)NCCCC(=O)O)CCC1. The third-order valence-electron chi connectivity index (χ3n) is 3.67. The number of hydrogen-bond donors (Lipinski definition) is 3. The quantitative estimate of drug-likeness (QED) is 0.582. The summed E-state index contributed by atoms with van der Waals surface area (Å²) in [5.41, 5.74) is 0.327. The highest BCUT2D eigenvalue weighted by molar-refractivity contribution is 5.74. The molecule has 1 aliphatic rings. The minimum absolute atomic E-state index is 0.0973. The van der Waals surface area contributed by atoms with Crippen molar-refractivity contribution in [2.75, 3.05) is 13.1 Å². The van der Waals surface area contributed by atoms with E-state index in [1.807, 2.05) is 0 Å². The maximum atomic E-state index is 11.5. The van der Waals surface area contributed by atoms with Crippen molar-refractivity contribution in [2.24, 2.45) is 5.41 Å². The van der Waals surface area contributed by atoms with Gasteiger partial charge in [0.25, 0.3) is 0 Å². The average Bonchev–Trinajstić information content (AvgIpc) is 2.27. The van der Waals surface area contributed by atoms with Crippen LogP contribution in [-0.2, 0) is 4.79 Å². The smallest absolute Gasteiger partial charge is 0.314 e. The Morgan fingerprint density at radius 1 is 1.28 bits per heavy atom. The van der Waals surface area contributed by atoms with E-state index in [1.165, 1.54) is 25.7 Å². The number of carboxylic acid groups (broad SMARTS) is 1. The maximum absolute atomic E-state index is 11.5. The van der Waals surface area contributed by atoms with E-state index in [0.717, 1.165) is 13.0 Å². The molecule has 0 spiro atoms. The third-order valence-corrected chi connectivity index (χ3v) is 3.67. The van der Waals surface area contributed by atoms with Gasteiger partial charge in [0.1, 0.15) is 0 Å². The number of hydrogen-bond acceptors (Lipinski definition) is 2. The van der Waals surface area contributed by atoms with Crippen molar-refractivity contribution >= 4 is 12.0 Å². The highest BCUT2D eigenvalue weighted by Gasteiger charge is 2.35. The molecule has 1 saturated carbocycles. The molecule has 104 valence electrons. The number of carbonyl (C=O) groups excluding carboxylic acids is 1. The molecular formula is C13H24N2O3. The lowest BCUT2D eigenvalue weighted by Crippen LogP contribution is -2.45. The van der Waals surface area contributed by atoms with Crippen LogP contribution in [0.2, 0.25) is 0 Å². The number of amides is 2. The summed E-state index contributed by atoms with van der Waals surface area (Å²) in [5.74, 6) is -0.825. The van der Waals surface area contributed by atoms with Crippen molar-refractivity contribution in [3.63, 3.8) is 0 Å². The maximum Gasteiger partial charge on any atom is 0.314 e. The average molecular weight is 256 g/mol. The van der Waals surface area contributed by atoms with E-state index in [1.54, 1.807) is 0 Å². The van der Waals surface area contributed by atoms with Gasteiger partial charge >= 0.3 is 12.0 Å². The predicted octanol–water partition coefficient (Wildman–Crippen LogP) is 2.12. The van der Waals surface area contributed by atoms with E-state index in [0.29, 0.717) is 18.4 Å². The predicted molar refractivity (Wildman–Crippen MR) is 69.5 cm³/mol. The monoisotopic (exact) mass is 256 g/mol. The molecule has 0 atom stereocenters. The van der Waals surface area contributed by atoms with Crippen LogP contribution in [-0.4, -0.2) is 30.2 Å². The molecule has 0 radical (unpaired) electrons. The molecular weight excluding hydrogens is 232 g/mol. The molecule has 1 fully saturated rings. The van der Waals surface area contributed by atoms with Crippen LogP contribution >= 0.6 is 0 Å². The van der Waals surface area contributed by atoms with Gasteiger partial charge in [0, 0.05) is 19.5 Å². The van der Waals surface area contributed by atoms with Gasteiger partial charge in [0.15, 0.2) is 0 Å². The van der Waals surface area contributed by atoms with Crippen molar-refractivity contribution in [2.45, 2.75) is 51.9 Å². The second-order valence-corrected chi connectivity index (χ2v) is 5.21. The first kappa shape index (κ1) is 14.8. The molecule has 0 aliphatic heterocycles. The van der Waals surface area contributed by atoms with Crippen LogP contribution in [0.25, 0.3) is 0 Å². The van der Waals surface area contributed by atoms with Gasteiger partial charge in [-0.05, 0) is 31.1 Å². The van der Waals surface area contributed by atoms with E-state index in [4.69, 9.17) is 5.11 Å². The molecule has 5 heteroatoms. The Balaban J connectivity index is 2.10. The standard InChI is InChI=1S/C13H24N2O3/c1-2-6-13(7-4-8-13)10-15-12(18)14-9-3-5-11(16)17/h2-10H2,1H3,(H,16,17)(H2,14,15,18). The first-order valence-corrected chi connectivity index (χ1v) is 6.81. The Hall–Kier alpha value is -1.26. The number of aliphatic carboxylic acids is 1. The van der Waals surface area contributed by atoms with Crippen molar-refractivity contribution < 1.29 is 14.7 Å². The summed E-state index contributed by atoms with van der Waals surface area (Å²) in [6.45, 7) is 3.33. The third kappa shape index (κ3) is 4.94. The minimum atomic E-state index is -0.825. The van der Waals surface area contributed by atoms with Crippen LogP contribution in [0.1, 0.15) is 51.9 Å². The normalized spacial score (nSPS) is 16.7. The molecule has 1 rings (SSSR count). The lowest BCUT2D eigenvalue weighted by Gasteiger charge is -2.42. The van der Waals surface area contributed by atoms with E-state index < -0.39 is 5.97 Å². The Morgan fingerprint density at radius 3 is 2.50 bits per heavy atom. The van der Waals surface area contributed by atoms with E-state index in [-0.39, 0.29) is 12.5 Å². The molecule has 5 nitrogen and oxygen atoms in total. The summed E-state index contributed by atoms with van der Waals surface area (Å²) in [6.07, 6.45) is 6.58. The van der Waals surface area contributed by atoms with E-state index in [9.17, 15) is 9.59 Å². The van der Waals surface area contributed by atoms with Crippen LogP contribution in [0.3, 0.4) is 0 Å². The van der Waals surface area contributed by atoms with Crippen LogP contribution < -0.4 is 10.6 Å². The molecule has 18 heavy (non-hydrogen) atoms. The molecule has 0 aromatic rings. The fourth-order valence-corrected chi connectivity index (χ4v) is 2.49. The van der Waals surface area contributed by atoms with Crippen molar-refractivity contribution in [1.82, 2.24) is 10.6 Å². The number of rotatable bonds is 8. The Morgan fingerprint density at radius 2 is 2.00 bits per heavy atom. The molecule has 0 bridgehead atoms. The first-order valence-electron chi connectivity index (χ1n) is 6.81. The van der Waals surface area contributed by atoms with Gasteiger partial charge in [-0.1, -0.05) is 19.8 Å². The summed E-state index contributed by atoms with van der Waals surface area (Å²) < 4.78 is 0. The van der Waals surface area contributed by atoms with E-state index >= 15 is 0 Å². The molecule has 0 heterocycles. The van der Waals surface area contributed by atoms with Gasteiger partial charge in [-0.3, -0.25) is 4.79 Å². The van der Waals surface area contributed by atoms with Crippen LogP contribution in [0.5, 0.6) is 0 Å². The van der Waals surface area contributed by atoms with Crippen molar-refractivity contribution in [3.8, 4) is 0 Å². The topological polar surface area (TPSA) is 78.4 Å². The Kier molecular flexibility index (Phi) is 5.95. The van der Waals surface area contributed by atoms with Crippen LogP contribution in [0.4, 0.5) is 4.79 Å². The van der Waals surface area contributed by atoms with E-state index in [2.05, 4.69) is 17.6 Å². The van der Waals surface area contributed by atoms with Crippen LogP contribution in [0, 0.1) is 5.41 Å². The highest BCUT2D eigenvalue weighted by atomic mass is 16.4. The lowest BCUT2D eigenvalue weighted by atomic mass is 9.66. The van der Waals surface area contributed by atoms with Crippen molar-refractivity contribution in [1.29, 1.82) is 0 Å². The largest absolute Gasteiger partial charge is 0.481 e. The number of urea groups is 1. The first-order chi connectivity index (χ1) is 8.58. The summed E-state index contributed by atoms with van der Waals surface area (Å²) in [4.78, 5) is 21.8. The van der Waals surface area contributed by atoms with Crippen LogP contribution in [0.15, 0.2) is 0 Å². The van der Waals surface area contributed by atoms with Gasteiger partial charge in [-0.2, -0.15) is 0 Å². The summed E-state index contributed by atoms with van der Waals surface area (Å²) in [5, 5.41) is 14.0. The van der Waals surface area contributed by atoms with Gasteiger partial charge in [-0.25, -0.2) is 4.79 Å². The fraction of sp³-hybridized carbons (Fsp3) is 0.846. The second-order valence-electron chi connectivity index (χ2n) is 5.21. The zero-order valence-corrected chi connectivity index (χ0v) is 11.1. The number of carboxylic acids is 1. The highest BCUT2D eigenvalue weighted by Crippen LogP contribution is 2.44. The molecule has 3 N–H and O–H groups in total. The molecule has 0 unspecified atom stereocenters. The van der Waals surface area contributed by atoms with Gasteiger partial charge in [0.05, 0.1) is 0 Å². The Bertz CT molecular complexity index is 288. The molecule has 0 aromatic carbocycles. The summed E-state index contributed by atoms with van der Waals surface area (Å²) in [6, 6.07) is -0.178. The minimum Gasteiger partial charge on any atom is -0.481 e. The summed E-state index contributed by atoms with van der Waals surface area (Å²) >= 11 is 0. The molecule has 0 saturated heterocycles. The molecule has 1 aliphatic carbocycles. The molecule has 2 amide bonds. The van der Waals surface area contributed by atoms with Gasteiger partial charge in [-0.15, -0.1) is 0 Å². The zero-order valence-electron chi connectivity index (χ0n) is 11.1. The second kappa shape index (κ2) is 7.24. The lowest BCUT2D eigenvalue weighted by molar-refractivity contribution is -0.137. The molecule has 0 aromatic heterocycles. The van der Waals surface area contributed by atoms with Crippen molar-refractivity contribution in [3.05, 3.63) is 0 Å². The van der Waals surface area contributed by atoms with Gasteiger partial charge in [0.2, 0.25) is 0 Å². The Labute approximate surface area is 108 Å². The number of carbonyl (C=O) groups is 2.